The topological polar surface area (TPSA) is 159 Å². The van der Waals surface area contributed by atoms with E-state index in [4.69, 9.17) is 23.2 Å². The number of halogens is 2. The molecule has 1 amide bonds. The summed E-state index contributed by atoms with van der Waals surface area (Å²) in [5.74, 6) is -1.59. The molecule has 0 radical (unpaired) electrons. The summed E-state index contributed by atoms with van der Waals surface area (Å²) in [5.41, 5.74) is 6.93. The Balaban J connectivity index is 1.61. The van der Waals surface area contributed by atoms with Crippen molar-refractivity contribution in [3.05, 3.63) is 110 Å². The van der Waals surface area contributed by atoms with E-state index in [2.05, 4.69) is 37.2 Å². The van der Waals surface area contributed by atoms with Crippen LogP contribution in [0.2, 0.25) is 10.0 Å². The molecule has 2 aromatic carbocycles. The predicted molar refractivity (Wildman–Crippen MR) is 142 cm³/mol. The summed E-state index contributed by atoms with van der Waals surface area (Å²) in [6, 6.07) is 15.5. The van der Waals surface area contributed by atoms with Crippen LogP contribution in [-0.2, 0) is 0 Å². The van der Waals surface area contributed by atoms with Gasteiger partial charge in [-0.05, 0) is 53.9 Å². The van der Waals surface area contributed by atoms with E-state index in [1.165, 1.54) is 18.5 Å². The minimum atomic E-state index is -0.682. The van der Waals surface area contributed by atoms with Gasteiger partial charge in [-0.2, -0.15) is 5.26 Å². The highest BCUT2D eigenvalue weighted by Crippen LogP contribution is 2.37. The lowest BCUT2D eigenvalue weighted by Gasteiger charge is -2.17. The number of nitrogens with zero attached hydrogens (tertiary/aromatic N) is 5. The largest absolute Gasteiger partial charge is 0.355 e. The molecule has 3 N–H and O–H groups in total. The number of nitriles is 1. The molecule has 0 saturated heterocycles. The molecule has 0 bridgehead atoms. The number of amides is 1. The van der Waals surface area contributed by atoms with Gasteiger partial charge in [0.25, 0.3) is 5.91 Å². The monoisotopic (exact) mass is 548 g/mol. The molecule has 0 spiro atoms. The van der Waals surface area contributed by atoms with Crippen molar-refractivity contribution in [1.29, 1.82) is 5.26 Å². The van der Waals surface area contributed by atoms with Gasteiger partial charge >= 0.3 is 5.69 Å². The van der Waals surface area contributed by atoms with E-state index in [9.17, 15) is 20.2 Å². The molecule has 0 aliphatic carbocycles. The second-order valence-corrected chi connectivity index (χ2v) is 8.77. The number of nitrogens with one attached hydrogen (secondary N) is 3. The van der Waals surface area contributed by atoms with E-state index in [0.29, 0.717) is 21.8 Å². The SMILES string of the molecule is Cc1cc(C(C#N)c2ccc(Cl)cc2)c(Cl)cc1Nc1ncnc(NNC(=O)c2cccnc2)c1[N+](=O)[O-]. The lowest BCUT2D eigenvalue weighted by Crippen LogP contribution is -2.30. The average molecular weight is 549 g/mol. The fourth-order valence-electron chi connectivity index (χ4n) is 3.59. The Labute approximate surface area is 226 Å². The fourth-order valence-corrected chi connectivity index (χ4v) is 3.98. The first kappa shape index (κ1) is 26.3. The summed E-state index contributed by atoms with van der Waals surface area (Å²) in [6.45, 7) is 1.76. The Morgan fingerprint density at radius 3 is 2.53 bits per heavy atom. The van der Waals surface area contributed by atoms with Gasteiger partial charge in [0.05, 0.1) is 22.5 Å². The molecule has 2 heterocycles. The molecule has 2 aromatic heterocycles. The number of rotatable bonds is 8. The van der Waals surface area contributed by atoms with Crippen molar-refractivity contribution in [2.75, 3.05) is 10.7 Å². The third-order valence-corrected chi connectivity index (χ3v) is 6.04. The van der Waals surface area contributed by atoms with Crippen molar-refractivity contribution in [2.24, 2.45) is 0 Å². The number of benzene rings is 2. The molecule has 13 heteroatoms. The van der Waals surface area contributed by atoms with Crippen molar-refractivity contribution in [3.63, 3.8) is 0 Å². The smallest absolute Gasteiger partial charge is 0.334 e. The fraction of sp³-hybridized carbons (Fsp3) is 0.0800. The standard InChI is InChI=1S/C25H18Cl2N8O3/c1-14-9-18(19(11-28)15-4-6-17(26)7-5-15)20(27)10-21(14)32-23-22(35(37)38)24(31-13-30-23)33-34-25(36)16-3-2-8-29-12-16/h2-10,12-13,19H,1H3,(H,34,36)(H2,30,31,32,33). The molecule has 1 atom stereocenters. The van der Waals surface area contributed by atoms with Gasteiger partial charge in [0, 0.05) is 28.1 Å². The molecular formula is C25H18Cl2N8O3. The summed E-state index contributed by atoms with van der Waals surface area (Å²) in [7, 11) is 0. The highest BCUT2D eigenvalue weighted by molar-refractivity contribution is 6.32. The summed E-state index contributed by atoms with van der Waals surface area (Å²) in [4.78, 5) is 35.3. The number of nitro groups is 1. The first-order valence-electron chi connectivity index (χ1n) is 11.0. The Morgan fingerprint density at radius 1 is 1.13 bits per heavy atom. The molecule has 4 aromatic rings. The van der Waals surface area contributed by atoms with Gasteiger partial charge in [0.2, 0.25) is 11.6 Å². The maximum absolute atomic E-state index is 12.3. The summed E-state index contributed by atoms with van der Waals surface area (Å²) < 4.78 is 0. The van der Waals surface area contributed by atoms with Gasteiger partial charge in [0.1, 0.15) is 6.33 Å². The van der Waals surface area contributed by atoms with Gasteiger partial charge in [-0.3, -0.25) is 30.7 Å². The van der Waals surface area contributed by atoms with Crippen LogP contribution in [0.25, 0.3) is 0 Å². The molecule has 0 aliphatic rings. The number of hydrogen-bond acceptors (Lipinski definition) is 9. The lowest BCUT2D eigenvalue weighted by molar-refractivity contribution is -0.383. The van der Waals surface area contributed by atoms with E-state index >= 15 is 0 Å². The third kappa shape index (κ3) is 5.78. The van der Waals surface area contributed by atoms with Gasteiger partial charge in [-0.15, -0.1) is 0 Å². The first-order valence-corrected chi connectivity index (χ1v) is 11.7. The van der Waals surface area contributed by atoms with Crippen molar-refractivity contribution in [1.82, 2.24) is 20.4 Å². The maximum atomic E-state index is 12.3. The number of aryl methyl sites for hydroxylation is 1. The van der Waals surface area contributed by atoms with Crippen molar-refractivity contribution in [2.45, 2.75) is 12.8 Å². The number of carbonyl (C=O) groups excluding carboxylic acids is 1. The van der Waals surface area contributed by atoms with Crippen LogP contribution >= 0.6 is 23.2 Å². The normalized spacial score (nSPS) is 11.2. The summed E-state index contributed by atoms with van der Waals surface area (Å²) in [6.07, 6.45) is 3.96. The van der Waals surface area contributed by atoms with Crippen LogP contribution in [-0.4, -0.2) is 25.8 Å². The average Bonchev–Trinajstić information content (AvgIpc) is 2.91. The van der Waals surface area contributed by atoms with Crippen LogP contribution in [0.5, 0.6) is 0 Å². The lowest BCUT2D eigenvalue weighted by atomic mass is 9.91. The van der Waals surface area contributed by atoms with E-state index in [-0.39, 0.29) is 22.2 Å². The quantitative estimate of drug-likeness (QED) is 0.189. The zero-order chi connectivity index (χ0) is 27.2. The van der Waals surface area contributed by atoms with Crippen LogP contribution in [0.15, 0.2) is 67.3 Å². The zero-order valence-corrected chi connectivity index (χ0v) is 21.2. The Kier molecular flexibility index (Phi) is 7.96. The highest BCUT2D eigenvalue weighted by Gasteiger charge is 2.25. The number of carbonyl (C=O) groups is 1. The van der Waals surface area contributed by atoms with Crippen LogP contribution < -0.4 is 16.2 Å². The second kappa shape index (κ2) is 11.5. The molecule has 4 rings (SSSR count). The highest BCUT2D eigenvalue weighted by atomic mass is 35.5. The van der Waals surface area contributed by atoms with Crippen molar-refractivity contribution >= 4 is 52.1 Å². The molecule has 190 valence electrons. The van der Waals surface area contributed by atoms with E-state index < -0.39 is 22.4 Å². The van der Waals surface area contributed by atoms with Crippen LogP contribution in [0.1, 0.15) is 33.0 Å². The van der Waals surface area contributed by atoms with Gasteiger partial charge in [0.15, 0.2) is 0 Å². The molecule has 1 unspecified atom stereocenters. The van der Waals surface area contributed by atoms with Crippen molar-refractivity contribution in [3.8, 4) is 6.07 Å². The van der Waals surface area contributed by atoms with Gasteiger partial charge < -0.3 is 5.32 Å². The number of hydrazine groups is 1. The second-order valence-electron chi connectivity index (χ2n) is 7.92. The first-order chi connectivity index (χ1) is 18.3. The molecule has 0 saturated carbocycles. The Morgan fingerprint density at radius 2 is 1.87 bits per heavy atom. The molecule has 0 fully saturated rings. The third-order valence-electron chi connectivity index (χ3n) is 5.46. The molecule has 0 aliphatic heterocycles. The number of anilines is 3. The minimum Gasteiger partial charge on any atom is -0.334 e. The maximum Gasteiger partial charge on any atom is 0.355 e. The van der Waals surface area contributed by atoms with Crippen LogP contribution in [0.3, 0.4) is 0 Å². The molecule has 38 heavy (non-hydrogen) atoms. The summed E-state index contributed by atoms with van der Waals surface area (Å²) >= 11 is 12.5. The summed E-state index contributed by atoms with van der Waals surface area (Å²) in [5, 5.41) is 25.5. The van der Waals surface area contributed by atoms with E-state index in [0.717, 1.165) is 11.9 Å². The Bertz CT molecular complexity index is 1540. The Hall–Kier alpha value is -4.79. The van der Waals surface area contributed by atoms with Gasteiger partial charge in [-0.1, -0.05) is 41.4 Å². The predicted octanol–water partition coefficient (Wildman–Crippen LogP) is 5.55. The number of pyridine rings is 1. The van der Waals surface area contributed by atoms with E-state index in [1.807, 2.05) is 0 Å². The zero-order valence-electron chi connectivity index (χ0n) is 19.6. The van der Waals surface area contributed by atoms with Crippen molar-refractivity contribution < 1.29 is 9.72 Å². The van der Waals surface area contributed by atoms with E-state index in [1.54, 1.807) is 49.4 Å². The number of hydrogen-bond donors (Lipinski definition) is 3. The van der Waals surface area contributed by atoms with Gasteiger partial charge in [-0.25, -0.2) is 9.97 Å². The number of aromatic nitrogens is 3. The van der Waals surface area contributed by atoms with Crippen LogP contribution in [0, 0.1) is 28.4 Å². The molecular weight excluding hydrogens is 531 g/mol. The van der Waals surface area contributed by atoms with Crippen LogP contribution in [0.4, 0.5) is 23.0 Å². The minimum absolute atomic E-state index is 0.135. The molecule has 11 nitrogen and oxygen atoms in total.